The highest BCUT2D eigenvalue weighted by molar-refractivity contribution is 7.91. The van der Waals surface area contributed by atoms with Gasteiger partial charge < -0.3 is 9.88 Å². The zero-order valence-corrected chi connectivity index (χ0v) is 17.2. The van der Waals surface area contributed by atoms with Crippen LogP contribution in [-0.2, 0) is 33.4 Å². The lowest BCUT2D eigenvalue weighted by molar-refractivity contribution is -0.118. The van der Waals surface area contributed by atoms with E-state index in [1.807, 2.05) is 61.5 Å². The molecule has 1 amide bonds. The first kappa shape index (κ1) is 20.8. The number of rotatable bonds is 9. The van der Waals surface area contributed by atoms with Crippen molar-refractivity contribution in [1.29, 1.82) is 0 Å². The van der Waals surface area contributed by atoms with E-state index in [4.69, 9.17) is 0 Å². The van der Waals surface area contributed by atoms with Crippen molar-refractivity contribution in [2.45, 2.75) is 25.6 Å². The van der Waals surface area contributed by atoms with Gasteiger partial charge in [0.05, 0.1) is 0 Å². The first-order valence-corrected chi connectivity index (χ1v) is 11.3. The summed E-state index contributed by atoms with van der Waals surface area (Å²) in [5.74, 6) is -0.863. The minimum absolute atomic E-state index is 0.266. The maximum absolute atomic E-state index is 12.5. The van der Waals surface area contributed by atoms with Crippen LogP contribution in [0, 0.1) is 6.92 Å². The zero-order valence-electron chi connectivity index (χ0n) is 16.4. The van der Waals surface area contributed by atoms with E-state index in [2.05, 4.69) is 10.3 Å². The van der Waals surface area contributed by atoms with Crippen LogP contribution in [0.3, 0.4) is 0 Å². The van der Waals surface area contributed by atoms with E-state index >= 15 is 0 Å². The van der Waals surface area contributed by atoms with Crippen LogP contribution in [0.5, 0.6) is 0 Å². The van der Waals surface area contributed by atoms with Crippen molar-refractivity contribution < 1.29 is 13.2 Å². The van der Waals surface area contributed by atoms with Gasteiger partial charge in [-0.2, -0.15) is 0 Å². The van der Waals surface area contributed by atoms with Crippen molar-refractivity contribution in [3.05, 3.63) is 89.5 Å². The summed E-state index contributed by atoms with van der Waals surface area (Å²) in [6.07, 6.45) is 4.00. The summed E-state index contributed by atoms with van der Waals surface area (Å²) < 4.78 is 26.8. The Morgan fingerprint density at radius 3 is 2.55 bits per heavy atom. The monoisotopic (exact) mass is 411 g/mol. The fourth-order valence-corrected chi connectivity index (χ4v) is 4.37. The van der Waals surface area contributed by atoms with Gasteiger partial charge in [0.15, 0.2) is 9.84 Å². The summed E-state index contributed by atoms with van der Waals surface area (Å²) in [6, 6.07) is 17.7. The van der Waals surface area contributed by atoms with Gasteiger partial charge in [-0.25, -0.2) is 13.4 Å². The maximum Gasteiger partial charge on any atom is 0.235 e. The average Bonchev–Trinajstić information content (AvgIpc) is 3.09. The largest absolute Gasteiger partial charge is 0.355 e. The molecule has 1 N–H and O–H groups in total. The second-order valence-electron chi connectivity index (χ2n) is 7.02. The molecule has 3 aromatic rings. The topological polar surface area (TPSA) is 81.1 Å². The van der Waals surface area contributed by atoms with Crippen LogP contribution in [0.25, 0.3) is 0 Å². The Balaban J connectivity index is 1.53. The standard InChI is InChI=1S/C22H25N3O3S/c1-18-7-5-6-10-20(18)11-12-24-22(26)17-29(27,28)16-21-23-13-14-25(21)15-19-8-3-2-4-9-19/h2-10,13-14H,11-12,15-17H2,1H3,(H,24,26). The fraction of sp³-hybridized carbons (Fsp3) is 0.273. The molecule has 29 heavy (non-hydrogen) atoms. The molecule has 1 aromatic heterocycles. The Hall–Kier alpha value is -2.93. The summed E-state index contributed by atoms with van der Waals surface area (Å²) in [6.45, 7) is 2.95. The number of aryl methyl sites for hydroxylation is 1. The number of imidazole rings is 1. The third kappa shape index (κ3) is 6.29. The molecule has 0 saturated carbocycles. The van der Waals surface area contributed by atoms with Gasteiger partial charge in [-0.1, -0.05) is 54.6 Å². The van der Waals surface area contributed by atoms with Gasteiger partial charge in [-0.05, 0) is 30.0 Å². The second kappa shape index (κ2) is 9.52. The minimum Gasteiger partial charge on any atom is -0.355 e. The van der Waals surface area contributed by atoms with E-state index < -0.39 is 21.5 Å². The Bertz CT molecular complexity index is 1060. The molecule has 152 valence electrons. The third-order valence-electron chi connectivity index (χ3n) is 4.68. The SMILES string of the molecule is Cc1ccccc1CCNC(=O)CS(=O)(=O)Cc1nccn1Cc1ccccc1. The molecule has 0 unspecified atom stereocenters. The normalized spacial score (nSPS) is 11.3. The van der Waals surface area contributed by atoms with Gasteiger partial charge in [-0.3, -0.25) is 4.79 Å². The van der Waals surface area contributed by atoms with Crippen LogP contribution in [-0.4, -0.2) is 36.2 Å². The highest BCUT2D eigenvalue weighted by Gasteiger charge is 2.20. The Kier molecular flexibility index (Phi) is 6.82. The number of sulfone groups is 1. The molecule has 0 aliphatic heterocycles. The summed E-state index contributed by atoms with van der Waals surface area (Å²) in [7, 11) is -3.62. The molecule has 0 fully saturated rings. The van der Waals surface area contributed by atoms with Gasteiger partial charge in [0.1, 0.15) is 17.3 Å². The number of benzene rings is 2. The van der Waals surface area contributed by atoms with Gasteiger partial charge in [0.25, 0.3) is 0 Å². The van der Waals surface area contributed by atoms with Crippen molar-refractivity contribution in [3.8, 4) is 0 Å². The van der Waals surface area contributed by atoms with Gasteiger partial charge in [0.2, 0.25) is 5.91 Å². The second-order valence-corrected chi connectivity index (χ2v) is 9.08. The third-order valence-corrected chi connectivity index (χ3v) is 6.08. The number of carbonyl (C=O) groups is 1. The van der Waals surface area contributed by atoms with Gasteiger partial charge in [-0.15, -0.1) is 0 Å². The molecule has 0 aliphatic rings. The van der Waals surface area contributed by atoms with Crippen molar-refractivity contribution in [1.82, 2.24) is 14.9 Å². The number of nitrogens with zero attached hydrogens (tertiary/aromatic N) is 2. The van der Waals surface area contributed by atoms with Gasteiger partial charge in [0, 0.05) is 25.5 Å². The van der Waals surface area contributed by atoms with E-state index in [1.165, 1.54) is 0 Å². The predicted octanol–water partition coefficient (Wildman–Crippen LogP) is 2.51. The minimum atomic E-state index is -3.62. The maximum atomic E-state index is 12.5. The number of nitrogens with one attached hydrogen (secondary N) is 1. The Morgan fingerprint density at radius 2 is 1.79 bits per heavy atom. The van der Waals surface area contributed by atoms with Gasteiger partial charge >= 0.3 is 0 Å². The molecule has 7 heteroatoms. The fourth-order valence-electron chi connectivity index (χ4n) is 3.13. The Labute approximate surface area is 171 Å². The summed E-state index contributed by atoms with van der Waals surface area (Å²) in [4.78, 5) is 16.3. The highest BCUT2D eigenvalue weighted by Crippen LogP contribution is 2.10. The lowest BCUT2D eigenvalue weighted by Crippen LogP contribution is -2.32. The summed E-state index contributed by atoms with van der Waals surface area (Å²) >= 11 is 0. The van der Waals surface area contributed by atoms with Crippen molar-refractivity contribution >= 4 is 15.7 Å². The summed E-state index contributed by atoms with van der Waals surface area (Å²) in [5, 5.41) is 2.70. The van der Waals surface area contributed by atoms with Crippen molar-refractivity contribution in [2.24, 2.45) is 0 Å². The van der Waals surface area contributed by atoms with Crippen LogP contribution >= 0.6 is 0 Å². The molecule has 2 aromatic carbocycles. The number of aromatic nitrogens is 2. The van der Waals surface area contributed by atoms with Crippen LogP contribution in [0.2, 0.25) is 0 Å². The molecule has 0 atom stereocenters. The van der Waals surface area contributed by atoms with Crippen molar-refractivity contribution in [3.63, 3.8) is 0 Å². The molecule has 1 heterocycles. The first-order chi connectivity index (χ1) is 13.9. The van der Waals surface area contributed by atoms with E-state index in [9.17, 15) is 13.2 Å². The smallest absolute Gasteiger partial charge is 0.235 e. The number of carbonyl (C=O) groups excluding carboxylic acids is 1. The predicted molar refractivity (Wildman–Crippen MR) is 113 cm³/mol. The quantitative estimate of drug-likeness (QED) is 0.587. The lowest BCUT2D eigenvalue weighted by atomic mass is 10.1. The molecule has 0 spiro atoms. The molecule has 0 aliphatic carbocycles. The van der Waals surface area contributed by atoms with E-state index in [1.54, 1.807) is 17.0 Å². The zero-order chi connectivity index (χ0) is 20.7. The van der Waals surface area contributed by atoms with Crippen LogP contribution in [0.15, 0.2) is 67.0 Å². The molecule has 0 bridgehead atoms. The van der Waals surface area contributed by atoms with Crippen LogP contribution in [0.4, 0.5) is 0 Å². The van der Waals surface area contributed by atoms with E-state index in [0.29, 0.717) is 25.3 Å². The highest BCUT2D eigenvalue weighted by atomic mass is 32.2. The Morgan fingerprint density at radius 1 is 1.07 bits per heavy atom. The molecule has 0 saturated heterocycles. The molecular formula is C22H25N3O3S. The number of amides is 1. The van der Waals surface area contributed by atoms with E-state index in [-0.39, 0.29) is 5.75 Å². The molecule has 6 nitrogen and oxygen atoms in total. The average molecular weight is 412 g/mol. The lowest BCUT2D eigenvalue weighted by Gasteiger charge is -2.10. The molecular weight excluding hydrogens is 386 g/mol. The molecule has 3 rings (SSSR count). The van der Waals surface area contributed by atoms with Crippen molar-refractivity contribution in [2.75, 3.05) is 12.3 Å². The van der Waals surface area contributed by atoms with Crippen LogP contribution in [0.1, 0.15) is 22.5 Å². The first-order valence-electron chi connectivity index (χ1n) is 9.48. The molecule has 0 radical (unpaired) electrons. The summed E-state index contributed by atoms with van der Waals surface area (Å²) in [5.41, 5.74) is 3.34. The van der Waals surface area contributed by atoms with E-state index in [0.717, 1.165) is 16.7 Å². The number of hydrogen-bond donors (Lipinski definition) is 1. The van der Waals surface area contributed by atoms with Crippen LogP contribution < -0.4 is 5.32 Å². The number of hydrogen-bond acceptors (Lipinski definition) is 4.